The van der Waals surface area contributed by atoms with Gasteiger partial charge in [0.05, 0.1) is 0 Å². The van der Waals surface area contributed by atoms with Crippen LogP contribution in [0.2, 0.25) is 5.02 Å². The highest BCUT2D eigenvalue weighted by Gasteiger charge is 2.19. The van der Waals surface area contributed by atoms with Gasteiger partial charge in [0.2, 0.25) is 5.91 Å². The van der Waals surface area contributed by atoms with E-state index in [2.05, 4.69) is 5.32 Å². The molecule has 2 amide bonds. The van der Waals surface area contributed by atoms with Crippen LogP contribution in [0.4, 0.5) is 0 Å². The largest absolute Gasteiger partial charge is 0.368 e. The number of fused-ring (bicyclic) bond motifs is 1. The fourth-order valence-corrected chi connectivity index (χ4v) is 2.79. The maximum atomic E-state index is 12.3. The van der Waals surface area contributed by atoms with Crippen LogP contribution in [0, 0.1) is 0 Å². The monoisotopic (exact) mass is 352 g/mol. The van der Waals surface area contributed by atoms with E-state index in [1.807, 2.05) is 42.5 Å². The van der Waals surface area contributed by atoms with E-state index in [4.69, 9.17) is 17.3 Å². The second-order valence-electron chi connectivity index (χ2n) is 5.82. The van der Waals surface area contributed by atoms with Crippen molar-refractivity contribution in [2.45, 2.75) is 12.5 Å². The van der Waals surface area contributed by atoms with Gasteiger partial charge in [-0.25, -0.2) is 0 Å². The minimum absolute atomic E-state index is 0.333. The number of primary amides is 1. The molecule has 0 unspecified atom stereocenters. The number of rotatable bonds is 5. The predicted molar refractivity (Wildman–Crippen MR) is 99.6 cm³/mol. The molecule has 5 heteroatoms. The molecule has 0 spiro atoms. The number of nitrogens with one attached hydrogen (secondary N) is 1. The molecule has 1 atom stereocenters. The molecule has 0 saturated heterocycles. The van der Waals surface area contributed by atoms with Gasteiger partial charge in [0.1, 0.15) is 6.04 Å². The molecule has 126 valence electrons. The first-order chi connectivity index (χ1) is 12.0. The first-order valence-electron chi connectivity index (χ1n) is 7.86. The Labute approximate surface area is 150 Å². The third-order valence-electron chi connectivity index (χ3n) is 4.01. The van der Waals surface area contributed by atoms with Gasteiger partial charge in [0, 0.05) is 17.0 Å². The van der Waals surface area contributed by atoms with E-state index in [-0.39, 0.29) is 5.91 Å². The Hall–Kier alpha value is -2.85. The SMILES string of the molecule is NC(=O)[C@@H](Cc1ccc2ccccc2c1)NC(=O)c1ccc(Cl)cc1. The molecule has 25 heavy (non-hydrogen) atoms. The predicted octanol–water partition coefficient (Wildman–Crippen LogP) is 3.32. The standard InChI is InChI=1S/C20H17ClN2O2/c21-17-9-7-15(8-10-17)20(25)23-18(19(22)24)12-13-5-6-14-3-1-2-4-16(14)11-13/h1-11,18H,12H2,(H2,22,24)(H,23,25)/t18-/m1/s1. The number of carbonyl (C=O) groups excluding carboxylic acids is 2. The molecular formula is C20H17ClN2O2. The molecule has 0 heterocycles. The lowest BCUT2D eigenvalue weighted by Crippen LogP contribution is -2.45. The zero-order valence-electron chi connectivity index (χ0n) is 13.4. The lowest BCUT2D eigenvalue weighted by molar-refractivity contribution is -0.119. The molecule has 3 aromatic rings. The summed E-state index contributed by atoms with van der Waals surface area (Å²) in [6.07, 6.45) is 0.333. The molecule has 3 rings (SSSR count). The van der Waals surface area contributed by atoms with Crippen molar-refractivity contribution in [1.29, 1.82) is 0 Å². The van der Waals surface area contributed by atoms with Gasteiger partial charge in [-0.15, -0.1) is 0 Å². The molecule has 3 aromatic carbocycles. The van der Waals surface area contributed by atoms with Crippen molar-refractivity contribution in [3.63, 3.8) is 0 Å². The summed E-state index contributed by atoms with van der Waals surface area (Å²) in [5.41, 5.74) is 6.83. The highest BCUT2D eigenvalue weighted by atomic mass is 35.5. The Morgan fingerprint density at radius 1 is 0.960 bits per heavy atom. The van der Waals surface area contributed by atoms with Gasteiger partial charge in [-0.05, 0) is 40.6 Å². The van der Waals surface area contributed by atoms with Crippen LogP contribution in [-0.4, -0.2) is 17.9 Å². The topological polar surface area (TPSA) is 72.2 Å². The van der Waals surface area contributed by atoms with E-state index in [1.165, 1.54) is 0 Å². The second-order valence-corrected chi connectivity index (χ2v) is 6.26. The highest BCUT2D eigenvalue weighted by molar-refractivity contribution is 6.30. The number of benzene rings is 3. The molecule has 0 fully saturated rings. The van der Waals surface area contributed by atoms with Crippen LogP contribution in [0.1, 0.15) is 15.9 Å². The van der Waals surface area contributed by atoms with Crippen LogP contribution in [0.5, 0.6) is 0 Å². The summed E-state index contributed by atoms with van der Waals surface area (Å²) in [6.45, 7) is 0. The summed E-state index contributed by atoms with van der Waals surface area (Å²) in [4.78, 5) is 24.1. The van der Waals surface area contributed by atoms with Crippen molar-refractivity contribution in [3.05, 3.63) is 82.9 Å². The molecule has 0 aromatic heterocycles. The molecule has 4 nitrogen and oxygen atoms in total. The quantitative estimate of drug-likeness (QED) is 0.739. The molecule has 0 saturated carbocycles. The van der Waals surface area contributed by atoms with Crippen LogP contribution < -0.4 is 11.1 Å². The first-order valence-corrected chi connectivity index (χ1v) is 8.24. The van der Waals surface area contributed by atoms with E-state index in [0.29, 0.717) is 17.0 Å². The van der Waals surface area contributed by atoms with Crippen molar-refractivity contribution in [2.75, 3.05) is 0 Å². The lowest BCUT2D eigenvalue weighted by Gasteiger charge is -2.16. The summed E-state index contributed by atoms with van der Waals surface area (Å²) in [5, 5.41) is 5.43. The van der Waals surface area contributed by atoms with Crippen molar-refractivity contribution in [3.8, 4) is 0 Å². The van der Waals surface area contributed by atoms with Gasteiger partial charge >= 0.3 is 0 Å². The highest BCUT2D eigenvalue weighted by Crippen LogP contribution is 2.17. The Morgan fingerprint density at radius 3 is 2.32 bits per heavy atom. The van der Waals surface area contributed by atoms with Gasteiger partial charge in [0.25, 0.3) is 5.91 Å². The van der Waals surface area contributed by atoms with E-state index in [1.54, 1.807) is 24.3 Å². The Balaban J connectivity index is 1.77. The zero-order chi connectivity index (χ0) is 17.8. The summed E-state index contributed by atoms with van der Waals surface area (Å²) >= 11 is 5.82. The van der Waals surface area contributed by atoms with E-state index in [9.17, 15) is 9.59 Å². The summed E-state index contributed by atoms with van der Waals surface area (Å²) < 4.78 is 0. The molecule has 0 bridgehead atoms. The molecule has 0 aliphatic heterocycles. The number of hydrogen-bond acceptors (Lipinski definition) is 2. The van der Waals surface area contributed by atoms with Crippen LogP contribution in [0.25, 0.3) is 10.8 Å². The van der Waals surface area contributed by atoms with Gasteiger partial charge in [-0.2, -0.15) is 0 Å². The Morgan fingerprint density at radius 2 is 1.64 bits per heavy atom. The average molecular weight is 353 g/mol. The normalized spacial score (nSPS) is 11.9. The Kier molecular flexibility index (Phi) is 5.00. The summed E-state index contributed by atoms with van der Waals surface area (Å²) in [7, 11) is 0. The van der Waals surface area contributed by atoms with E-state index < -0.39 is 11.9 Å². The first kappa shape index (κ1) is 17.0. The summed E-state index contributed by atoms with van der Waals surface area (Å²) in [6, 6.07) is 19.5. The smallest absolute Gasteiger partial charge is 0.251 e. The van der Waals surface area contributed by atoms with Crippen molar-refractivity contribution >= 4 is 34.2 Å². The molecule has 3 N–H and O–H groups in total. The lowest BCUT2D eigenvalue weighted by atomic mass is 10.0. The zero-order valence-corrected chi connectivity index (χ0v) is 14.2. The number of carbonyl (C=O) groups is 2. The fourth-order valence-electron chi connectivity index (χ4n) is 2.67. The van der Waals surface area contributed by atoms with Crippen LogP contribution in [0.3, 0.4) is 0 Å². The molecule has 0 radical (unpaired) electrons. The molecular weight excluding hydrogens is 336 g/mol. The van der Waals surface area contributed by atoms with Gasteiger partial charge in [-0.3, -0.25) is 9.59 Å². The van der Waals surface area contributed by atoms with E-state index in [0.717, 1.165) is 16.3 Å². The maximum Gasteiger partial charge on any atom is 0.251 e. The van der Waals surface area contributed by atoms with Crippen LogP contribution in [0.15, 0.2) is 66.7 Å². The third kappa shape index (κ3) is 4.17. The van der Waals surface area contributed by atoms with Gasteiger partial charge < -0.3 is 11.1 Å². The molecule has 0 aliphatic carbocycles. The summed E-state index contributed by atoms with van der Waals surface area (Å²) in [5.74, 6) is -0.934. The average Bonchev–Trinajstić information content (AvgIpc) is 2.61. The number of nitrogens with two attached hydrogens (primary N) is 1. The third-order valence-corrected chi connectivity index (χ3v) is 4.26. The number of amides is 2. The minimum atomic E-state index is -0.788. The number of halogens is 1. The van der Waals surface area contributed by atoms with Crippen LogP contribution >= 0.6 is 11.6 Å². The van der Waals surface area contributed by atoms with Crippen LogP contribution in [-0.2, 0) is 11.2 Å². The second kappa shape index (κ2) is 7.36. The minimum Gasteiger partial charge on any atom is -0.368 e. The molecule has 0 aliphatic rings. The van der Waals surface area contributed by atoms with Gasteiger partial charge in [-0.1, -0.05) is 54.1 Å². The van der Waals surface area contributed by atoms with Gasteiger partial charge in [0.15, 0.2) is 0 Å². The maximum absolute atomic E-state index is 12.3. The van der Waals surface area contributed by atoms with Crippen molar-refractivity contribution < 1.29 is 9.59 Å². The van der Waals surface area contributed by atoms with Crippen molar-refractivity contribution in [1.82, 2.24) is 5.32 Å². The van der Waals surface area contributed by atoms with E-state index >= 15 is 0 Å². The fraction of sp³-hybridized carbons (Fsp3) is 0.100. The van der Waals surface area contributed by atoms with Crippen molar-refractivity contribution in [2.24, 2.45) is 5.73 Å². The Bertz CT molecular complexity index is 922. The number of hydrogen-bond donors (Lipinski definition) is 2.